The molecular formula is C48H41FN4O10S2. The molecular weight excluding hydrogens is 876 g/mol. The number of halogens is 1. The summed E-state index contributed by atoms with van der Waals surface area (Å²) in [5.74, 6) is -0.852. The zero-order chi connectivity index (χ0) is 48.2. The average molecular weight is 918 g/mol. The molecule has 0 unspecified atom stereocenters. The van der Waals surface area contributed by atoms with Gasteiger partial charge in [0, 0.05) is 41.1 Å². The summed E-state index contributed by atoms with van der Waals surface area (Å²) in [6.45, 7) is 0. The Bertz CT molecular complexity index is 3240. The van der Waals surface area contributed by atoms with E-state index in [4.69, 9.17) is 7.10 Å². The van der Waals surface area contributed by atoms with E-state index in [2.05, 4.69) is 10.6 Å². The lowest BCUT2D eigenvalue weighted by atomic mass is 10.0. The van der Waals surface area contributed by atoms with Gasteiger partial charge in [-0.15, -0.1) is 0 Å². The Morgan fingerprint density at radius 1 is 0.554 bits per heavy atom. The van der Waals surface area contributed by atoms with Crippen molar-refractivity contribution in [1.82, 2.24) is 0 Å². The minimum atomic E-state index is -4.49. The highest BCUT2D eigenvalue weighted by molar-refractivity contribution is 7.86. The van der Waals surface area contributed by atoms with E-state index in [0.717, 1.165) is 22.3 Å². The first-order chi connectivity index (χ1) is 31.6. The van der Waals surface area contributed by atoms with Crippen LogP contribution in [0.4, 0.5) is 27.1 Å². The average Bonchev–Trinajstić information content (AvgIpc) is 3.32. The van der Waals surface area contributed by atoms with Crippen LogP contribution in [0, 0.1) is 10.1 Å². The van der Waals surface area contributed by atoms with Crippen LogP contribution in [-0.4, -0.2) is 49.9 Å². The van der Waals surface area contributed by atoms with Crippen molar-refractivity contribution >= 4 is 76.3 Å². The van der Waals surface area contributed by atoms with Gasteiger partial charge in [0.1, 0.15) is 9.79 Å². The molecule has 0 fully saturated rings. The summed E-state index contributed by atoms with van der Waals surface area (Å²) in [7, 11) is -7.19. The molecule has 8 aromatic carbocycles. The van der Waals surface area contributed by atoms with Gasteiger partial charge in [0.15, 0.2) is 0 Å². The van der Waals surface area contributed by atoms with Crippen molar-refractivity contribution in [3.05, 3.63) is 191 Å². The third kappa shape index (κ3) is 11.4. The van der Waals surface area contributed by atoms with E-state index in [1.807, 2.05) is 36.4 Å². The molecule has 17 heteroatoms. The zero-order valence-corrected chi connectivity index (χ0v) is 36.2. The number of alkyl halides is 1. The second kappa shape index (κ2) is 20.6. The van der Waals surface area contributed by atoms with Crippen LogP contribution in [0.25, 0.3) is 43.8 Å². The fourth-order valence-corrected chi connectivity index (χ4v) is 8.19. The first-order valence-electron chi connectivity index (χ1n) is 19.9. The van der Waals surface area contributed by atoms with Gasteiger partial charge in [-0.05, 0) is 106 Å². The molecule has 0 saturated carbocycles. The van der Waals surface area contributed by atoms with E-state index in [0.29, 0.717) is 40.5 Å². The quantitative estimate of drug-likeness (QED) is 0.0395. The number of nitrogens with two attached hydrogens (primary N) is 1. The first kappa shape index (κ1) is 46.7. The summed E-state index contributed by atoms with van der Waals surface area (Å²) in [5.41, 5.74) is 11.1. The summed E-state index contributed by atoms with van der Waals surface area (Å²) in [5, 5.41) is 17.8. The molecule has 0 radical (unpaired) electrons. The standard InChI is InChI=1S/C23H16N2O6S.C23H18N2O4S.CH3F.CH4/c26-23(18-9-7-15(8-10-18)16-11-13-19(14-12-16)25(27)28)24-20-5-1-3-17-4-2-6-21(22(17)20)32(29,30)31;24-19-13-11-16(12-14-19)15-7-9-18(10-8-15)23(26)25-20-5-1-3-17-4-2-6-21(22(17)20)30(27,28)29;1-2;/h1-14H,(H,24,26)(H,29,30,31);1-14H,24H2,(H,25,26)(H,27,28,29);1H3;1H4/i;;;1D. The monoisotopic (exact) mass is 917 g/mol. The number of benzene rings is 8. The van der Waals surface area contributed by atoms with Gasteiger partial charge in [0.05, 0.1) is 23.5 Å². The van der Waals surface area contributed by atoms with E-state index in [9.17, 15) is 50.0 Å². The van der Waals surface area contributed by atoms with Gasteiger partial charge in [0.2, 0.25) is 0 Å². The molecule has 2 amide bonds. The van der Waals surface area contributed by atoms with Gasteiger partial charge >= 0.3 is 0 Å². The van der Waals surface area contributed by atoms with Crippen LogP contribution in [0.3, 0.4) is 0 Å². The molecule has 0 atom stereocenters. The largest absolute Gasteiger partial charge is 0.399 e. The molecule has 0 aromatic heterocycles. The molecule has 0 saturated heterocycles. The molecule has 14 nitrogen and oxygen atoms in total. The third-order valence-electron chi connectivity index (χ3n) is 9.73. The van der Waals surface area contributed by atoms with Crippen molar-refractivity contribution in [2.45, 2.75) is 17.2 Å². The van der Waals surface area contributed by atoms with Gasteiger partial charge in [-0.2, -0.15) is 16.8 Å². The van der Waals surface area contributed by atoms with Gasteiger partial charge in [-0.25, -0.2) is 0 Å². The van der Waals surface area contributed by atoms with E-state index in [-0.39, 0.29) is 31.9 Å². The predicted octanol–water partition coefficient (Wildman–Crippen LogP) is 10.7. The molecule has 0 aliphatic carbocycles. The van der Waals surface area contributed by atoms with Gasteiger partial charge in [0.25, 0.3) is 37.7 Å². The number of fused-ring (bicyclic) bond motifs is 2. The lowest BCUT2D eigenvalue weighted by molar-refractivity contribution is -0.384. The summed E-state index contributed by atoms with van der Waals surface area (Å²) >= 11 is 0. The number of nitrogens with one attached hydrogen (secondary N) is 2. The normalized spacial score (nSPS) is 11.0. The van der Waals surface area contributed by atoms with Gasteiger partial charge in [-0.3, -0.25) is 33.2 Å². The third-order valence-corrected chi connectivity index (χ3v) is 11.5. The number of hydrogen-bond donors (Lipinski definition) is 5. The zero-order valence-electron chi connectivity index (χ0n) is 35.5. The Labute approximate surface area is 375 Å². The van der Waals surface area contributed by atoms with Crippen molar-refractivity contribution in [2.75, 3.05) is 23.5 Å². The number of non-ortho nitro benzene ring substituents is 1. The summed E-state index contributed by atoms with van der Waals surface area (Å²) in [4.78, 5) is 35.3. The lowest BCUT2D eigenvalue weighted by Crippen LogP contribution is -2.13. The van der Waals surface area contributed by atoms with E-state index in [1.54, 1.807) is 97.1 Å². The predicted molar refractivity (Wildman–Crippen MR) is 252 cm³/mol. The number of nitro benzene ring substituents is 1. The lowest BCUT2D eigenvalue weighted by Gasteiger charge is -2.12. The van der Waals surface area contributed by atoms with Crippen LogP contribution < -0.4 is 16.4 Å². The smallest absolute Gasteiger partial charge is 0.295 e. The molecule has 0 aliphatic rings. The molecule has 0 aliphatic heterocycles. The molecule has 8 rings (SSSR count). The van der Waals surface area contributed by atoms with Crippen LogP contribution in [-0.2, 0) is 20.2 Å². The van der Waals surface area contributed by atoms with E-state index >= 15 is 0 Å². The number of carbonyl (C=O) groups excluding carboxylic acids is 2. The maximum atomic E-state index is 12.8. The molecule has 332 valence electrons. The van der Waals surface area contributed by atoms with Gasteiger partial charge in [-0.1, -0.05) is 92.3 Å². The summed E-state index contributed by atoms with van der Waals surface area (Å²) in [6, 6.07) is 46.0. The number of nitro groups is 1. The highest BCUT2D eigenvalue weighted by Gasteiger charge is 2.20. The van der Waals surface area contributed by atoms with Crippen LogP contribution in [0.15, 0.2) is 180 Å². The second-order valence-corrected chi connectivity index (χ2v) is 16.5. The van der Waals surface area contributed by atoms with Crippen LogP contribution in [0.5, 0.6) is 0 Å². The number of anilines is 3. The SMILES string of the molecule is CF.Nc1ccc(-c2ccc(C(=O)Nc3cccc4cccc(S(=O)(=O)O)c34)cc2)cc1.O=C(Nc1cccc2cccc(S(=O)(=O)O)c12)c1ccc(-c2ccc([N+](=O)[O-])cc2)cc1.[2H]C. The highest BCUT2D eigenvalue weighted by atomic mass is 32.2. The van der Waals surface area contributed by atoms with Crippen LogP contribution in [0.1, 0.15) is 29.5 Å². The molecule has 8 aromatic rings. The number of rotatable bonds is 9. The van der Waals surface area contributed by atoms with E-state index in [1.165, 1.54) is 43.8 Å². The molecule has 6 N–H and O–H groups in total. The molecule has 0 spiro atoms. The Morgan fingerprint density at radius 3 is 1.18 bits per heavy atom. The van der Waals surface area contributed by atoms with Crippen LogP contribution in [0.2, 0.25) is 0 Å². The van der Waals surface area contributed by atoms with Gasteiger partial charge < -0.3 is 16.4 Å². The minimum absolute atomic E-state index is 0.0101. The topological polar surface area (TPSA) is 236 Å². The fourth-order valence-electron chi connectivity index (χ4n) is 6.72. The Kier molecular flexibility index (Phi) is 14.8. The van der Waals surface area contributed by atoms with Crippen molar-refractivity contribution in [3.8, 4) is 22.3 Å². The summed E-state index contributed by atoms with van der Waals surface area (Å²) < 4.78 is 81.5. The van der Waals surface area contributed by atoms with Crippen LogP contribution >= 0.6 is 0 Å². The Morgan fingerprint density at radius 2 is 0.862 bits per heavy atom. The first-order valence-corrected chi connectivity index (χ1v) is 21.7. The Balaban J connectivity index is 0.000000231. The second-order valence-electron chi connectivity index (χ2n) is 13.8. The van der Waals surface area contributed by atoms with Crippen molar-refractivity contribution < 1.29 is 46.2 Å². The minimum Gasteiger partial charge on any atom is -0.399 e. The highest BCUT2D eigenvalue weighted by Crippen LogP contribution is 2.32. The van der Waals surface area contributed by atoms with Crippen molar-refractivity contribution in [3.63, 3.8) is 0 Å². The molecule has 0 bridgehead atoms. The number of amides is 2. The molecule has 0 heterocycles. The summed E-state index contributed by atoms with van der Waals surface area (Å²) in [6.07, 6.45) is 0. The maximum absolute atomic E-state index is 12.8. The van der Waals surface area contributed by atoms with E-state index < -0.39 is 37.0 Å². The van der Waals surface area contributed by atoms with Crippen molar-refractivity contribution in [1.29, 1.82) is 0 Å². The number of nitrogens with zero attached hydrogens (tertiary/aromatic N) is 1. The Hall–Kier alpha value is -7.83. The van der Waals surface area contributed by atoms with Crippen molar-refractivity contribution in [2.24, 2.45) is 0 Å². The fraction of sp³-hybridized carbons (Fsp3) is 0.0417. The number of carbonyl (C=O) groups is 2. The number of hydrogen-bond acceptors (Lipinski definition) is 9. The maximum Gasteiger partial charge on any atom is 0.295 e. The number of nitrogen functional groups attached to an aromatic ring is 1. The molecule has 65 heavy (non-hydrogen) atoms.